The van der Waals surface area contributed by atoms with Crippen molar-refractivity contribution in [3.63, 3.8) is 0 Å². The average Bonchev–Trinajstić information content (AvgIpc) is 2.15. The lowest BCUT2D eigenvalue weighted by atomic mass is 10.2. The lowest BCUT2D eigenvalue weighted by molar-refractivity contribution is -0.423. The minimum atomic E-state index is -0.993. The molecule has 0 aromatic heterocycles. The summed E-state index contributed by atoms with van der Waals surface area (Å²) in [5, 5.41) is 36.9. The summed E-state index contributed by atoms with van der Waals surface area (Å²) in [5.41, 5.74) is -1.60. The average molecular weight is 244 g/mol. The van der Waals surface area contributed by atoms with Crippen LogP contribution in [0.4, 0.5) is 11.4 Å². The van der Waals surface area contributed by atoms with Crippen LogP contribution < -0.4 is 0 Å². The highest BCUT2D eigenvalue weighted by Gasteiger charge is 2.27. The fourth-order valence-electron chi connectivity index (χ4n) is 0.854. The van der Waals surface area contributed by atoms with Crippen LogP contribution in [0.3, 0.4) is 0 Å². The van der Waals surface area contributed by atoms with Gasteiger partial charge in [0.05, 0.1) is 9.85 Å². The van der Waals surface area contributed by atoms with Crippen molar-refractivity contribution in [1.82, 2.24) is 0 Å². The molecule has 0 saturated carbocycles. The first-order valence-electron chi connectivity index (χ1n) is 4.07. The lowest BCUT2D eigenvalue weighted by Gasteiger charge is -1.95. The second-order valence-electron chi connectivity index (χ2n) is 2.68. The molecule has 0 aliphatic rings. The smallest absolute Gasteiger partial charge is 0.387 e. The van der Waals surface area contributed by atoms with E-state index < -0.39 is 32.9 Å². The quantitative estimate of drug-likeness (QED) is 0.589. The molecule has 0 bridgehead atoms. The van der Waals surface area contributed by atoms with Crippen LogP contribution in [0, 0.1) is 20.2 Å². The van der Waals surface area contributed by atoms with Crippen molar-refractivity contribution in [3.8, 4) is 5.75 Å². The number of carboxylic acid groups (broad SMARTS) is 1. The largest absolute Gasteiger partial charge is 0.502 e. The Kier molecular flexibility index (Phi) is 5.04. The number of aliphatic carboxylic acids is 1. The fraction of sp³-hybridized carbons (Fsp3) is 0.125. The summed E-state index contributed by atoms with van der Waals surface area (Å²) in [5.74, 6) is -1.54. The van der Waals surface area contributed by atoms with Crippen molar-refractivity contribution in [1.29, 1.82) is 0 Å². The molecule has 0 aliphatic heterocycles. The number of carboxylic acids is 1. The third-order valence-electron chi connectivity index (χ3n) is 1.37. The van der Waals surface area contributed by atoms with E-state index >= 15 is 0 Å². The number of nitro groups is 2. The summed E-state index contributed by atoms with van der Waals surface area (Å²) in [6.07, 6.45) is 0. The highest BCUT2D eigenvalue weighted by molar-refractivity contribution is 5.63. The molecule has 0 aliphatic carbocycles. The molecule has 9 nitrogen and oxygen atoms in total. The molecule has 2 N–H and O–H groups in total. The summed E-state index contributed by atoms with van der Waals surface area (Å²) in [4.78, 5) is 27.6. The molecular weight excluding hydrogens is 236 g/mol. The first kappa shape index (κ1) is 14.3. The molecule has 92 valence electrons. The van der Waals surface area contributed by atoms with Gasteiger partial charge >= 0.3 is 11.4 Å². The Morgan fingerprint density at radius 2 is 1.71 bits per heavy atom. The Labute approximate surface area is 94.2 Å². The number of nitrogens with zero attached hydrogens (tertiary/aromatic N) is 2. The van der Waals surface area contributed by atoms with Gasteiger partial charge in [-0.15, -0.1) is 0 Å². The van der Waals surface area contributed by atoms with Gasteiger partial charge in [-0.25, -0.2) is 0 Å². The molecular formula is C8H8N2O7. The first-order valence-corrected chi connectivity index (χ1v) is 4.07. The Morgan fingerprint density at radius 3 is 2.00 bits per heavy atom. The topological polar surface area (TPSA) is 144 Å². The minimum absolute atomic E-state index is 0.709. The van der Waals surface area contributed by atoms with E-state index in [1.165, 1.54) is 6.07 Å². The molecule has 0 radical (unpaired) electrons. The van der Waals surface area contributed by atoms with Crippen molar-refractivity contribution >= 4 is 17.3 Å². The second-order valence-corrected chi connectivity index (χ2v) is 2.68. The lowest BCUT2D eigenvalue weighted by Crippen LogP contribution is -1.96. The first-order chi connectivity index (χ1) is 7.77. The van der Waals surface area contributed by atoms with Gasteiger partial charge in [-0.1, -0.05) is 6.07 Å². The maximum atomic E-state index is 10.3. The zero-order chi connectivity index (χ0) is 13.6. The van der Waals surface area contributed by atoms with Crippen molar-refractivity contribution in [2.45, 2.75) is 6.92 Å². The fourth-order valence-corrected chi connectivity index (χ4v) is 0.854. The Morgan fingerprint density at radius 1 is 1.24 bits per heavy atom. The second kappa shape index (κ2) is 6.00. The Balaban J connectivity index is 0.000000557. The summed E-state index contributed by atoms with van der Waals surface area (Å²) in [6, 6.07) is 3.14. The molecule has 0 atom stereocenters. The van der Waals surface area contributed by atoms with Gasteiger partial charge in [-0.2, -0.15) is 0 Å². The maximum Gasteiger partial charge on any atom is 0.387 e. The predicted molar refractivity (Wildman–Crippen MR) is 54.7 cm³/mol. The van der Waals surface area contributed by atoms with Crippen molar-refractivity contribution in [2.24, 2.45) is 0 Å². The van der Waals surface area contributed by atoms with Crippen LogP contribution >= 0.6 is 0 Å². The van der Waals surface area contributed by atoms with Gasteiger partial charge in [0.15, 0.2) is 0 Å². The normalized spacial score (nSPS) is 8.76. The molecule has 0 fully saturated rings. The molecule has 0 unspecified atom stereocenters. The summed E-state index contributed by atoms with van der Waals surface area (Å²) in [6.45, 7) is 1.08. The van der Waals surface area contributed by atoms with E-state index in [-0.39, 0.29) is 0 Å². The highest BCUT2D eigenvalue weighted by atomic mass is 16.6. The van der Waals surface area contributed by atoms with Gasteiger partial charge in [0.1, 0.15) is 0 Å². The molecule has 0 amide bonds. The number of phenolic OH excluding ortho intramolecular Hbond substituents is 1. The van der Waals surface area contributed by atoms with Crippen LogP contribution in [0.5, 0.6) is 5.75 Å². The van der Waals surface area contributed by atoms with Gasteiger partial charge < -0.3 is 10.2 Å². The van der Waals surface area contributed by atoms with E-state index in [2.05, 4.69) is 0 Å². The van der Waals surface area contributed by atoms with Crippen LogP contribution in [-0.2, 0) is 4.79 Å². The summed E-state index contributed by atoms with van der Waals surface area (Å²) in [7, 11) is 0. The number of phenols is 1. The van der Waals surface area contributed by atoms with Gasteiger partial charge in [-0.05, 0) is 6.07 Å². The molecule has 0 saturated heterocycles. The SMILES string of the molecule is CC(=O)O.O=[N+]([O-])c1cccc(O)c1[N+](=O)[O-]. The van der Waals surface area contributed by atoms with Gasteiger partial charge in [-0.3, -0.25) is 25.0 Å². The maximum absolute atomic E-state index is 10.3. The van der Waals surface area contributed by atoms with Crippen LogP contribution in [0.25, 0.3) is 0 Å². The monoisotopic (exact) mass is 244 g/mol. The number of para-hydroxylation sites is 1. The molecule has 1 rings (SSSR count). The van der Waals surface area contributed by atoms with Crippen molar-refractivity contribution in [3.05, 3.63) is 38.4 Å². The molecule has 1 aromatic carbocycles. The number of benzene rings is 1. The number of nitro benzene ring substituents is 2. The number of hydrogen-bond donors (Lipinski definition) is 2. The summed E-state index contributed by atoms with van der Waals surface area (Å²) < 4.78 is 0. The van der Waals surface area contributed by atoms with Crippen LogP contribution in [-0.4, -0.2) is 26.0 Å². The molecule has 0 heterocycles. The van der Waals surface area contributed by atoms with Crippen LogP contribution in [0.15, 0.2) is 18.2 Å². The van der Waals surface area contributed by atoms with Crippen LogP contribution in [0.2, 0.25) is 0 Å². The predicted octanol–water partition coefficient (Wildman–Crippen LogP) is 1.30. The van der Waals surface area contributed by atoms with E-state index in [0.29, 0.717) is 0 Å². The van der Waals surface area contributed by atoms with Gasteiger partial charge in [0, 0.05) is 13.0 Å². The van der Waals surface area contributed by atoms with E-state index in [1.807, 2.05) is 0 Å². The Hall–Kier alpha value is -2.71. The van der Waals surface area contributed by atoms with Crippen LogP contribution in [0.1, 0.15) is 6.92 Å². The third kappa shape index (κ3) is 4.55. The standard InChI is InChI=1S/C6H4N2O5.C2H4O2/c9-5-3-1-2-4(7(10)11)6(5)8(12)13;1-2(3)4/h1-3,9H;1H3,(H,3,4). The molecule has 0 spiro atoms. The van der Waals surface area contributed by atoms with E-state index in [0.717, 1.165) is 19.1 Å². The molecule has 9 heteroatoms. The zero-order valence-electron chi connectivity index (χ0n) is 8.56. The van der Waals surface area contributed by atoms with E-state index in [1.54, 1.807) is 0 Å². The summed E-state index contributed by atoms with van der Waals surface area (Å²) >= 11 is 0. The number of carbonyl (C=O) groups is 1. The Bertz CT molecular complexity index is 453. The zero-order valence-corrected chi connectivity index (χ0v) is 8.56. The number of hydrogen-bond acceptors (Lipinski definition) is 6. The highest BCUT2D eigenvalue weighted by Crippen LogP contribution is 2.34. The molecule has 17 heavy (non-hydrogen) atoms. The van der Waals surface area contributed by atoms with Crippen molar-refractivity contribution in [2.75, 3.05) is 0 Å². The van der Waals surface area contributed by atoms with E-state index in [4.69, 9.17) is 15.0 Å². The minimum Gasteiger partial charge on any atom is -0.502 e. The number of rotatable bonds is 2. The number of aromatic hydroxyl groups is 1. The third-order valence-corrected chi connectivity index (χ3v) is 1.37. The van der Waals surface area contributed by atoms with Crippen molar-refractivity contribution < 1.29 is 24.9 Å². The molecule has 1 aromatic rings. The van der Waals surface area contributed by atoms with Gasteiger partial charge in [0.25, 0.3) is 5.97 Å². The van der Waals surface area contributed by atoms with Gasteiger partial charge in [0.2, 0.25) is 5.75 Å². The van der Waals surface area contributed by atoms with E-state index in [9.17, 15) is 20.2 Å².